The van der Waals surface area contributed by atoms with E-state index in [1.165, 1.54) is 63.8 Å². The van der Waals surface area contributed by atoms with Crippen LogP contribution >= 0.6 is 0 Å². The molecule has 1 heterocycles. The predicted octanol–water partition coefficient (Wildman–Crippen LogP) is 1.96. The maximum absolute atomic E-state index is 15.5. The minimum absolute atomic E-state index is 0.0285. The Bertz CT molecular complexity index is 2890. The standard InChI is InChI=1S/C69H111N13O14/c1-18-32-82(69(95)75(12)43-83)68(94)58(48(9)84)73-61(87)53(38-45(4)5)77(14)65(91)56(41-50-30-24-20-25-31-50)80(17)63(89)52(42-96-36-35-74(10)11)72-60(86)54(40-49-28-22-19-23-29-49)78(15)64(90)55(39-46(6)7)79(16)62(88)51(37-44(2)3)71-59(85)47(8)76(13)66(92)57(70)67(93)81-33-26-21-27-34-81/h19-20,22-25,28-31,43-48,51-58,84H,18,21,26-27,32-42,70H2,1-17H3,(H,71,85)(H,72,86)(H,73,87)/t47-,48+,51-,52?,53-,54-,55-,56-,57-,58?/m0/s1. The molecule has 2 unspecified atom stereocenters. The zero-order valence-corrected chi connectivity index (χ0v) is 59.8. The first-order chi connectivity index (χ1) is 45.1. The van der Waals surface area contributed by atoms with Gasteiger partial charge >= 0.3 is 6.03 Å². The minimum atomic E-state index is -1.70. The van der Waals surface area contributed by atoms with E-state index in [0.29, 0.717) is 35.7 Å². The number of aliphatic hydroxyl groups is 1. The largest absolute Gasteiger partial charge is 0.391 e. The summed E-state index contributed by atoms with van der Waals surface area (Å²) >= 11 is 0. The van der Waals surface area contributed by atoms with Gasteiger partial charge in [-0.15, -0.1) is 0 Å². The number of nitrogens with zero attached hydrogens (tertiary/aromatic N) is 9. The lowest BCUT2D eigenvalue weighted by Crippen LogP contribution is -2.62. The molecule has 13 amide bonds. The molecule has 1 saturated heterocycles. The molecule has 2 aromatic carbocycles. The van der Waals surface area contributed by atoms with Gasteiger partial charge in [-0.25, -0.2) is 4.79 Å². The molecule has 3 rings (SSSR count). The van der Waals surface area contributed by atoms with Gasteiger partial charge in [0.25, 0.3) is 5.91 Å². The van der Waals surface area contributed by atoms with E-state index in [9.17, 15) is 43.5 Å². The molecule has 536 valence electrons. The highest BCUT2D eigenvalue weighted by atomic mass is 16.5. The predicted molar refractivity (Wildman–Crippen MR) is 364 cm³/mol. The van der Waals surface area contributed by atoms with Gasteiger partial charge in [-0.2, -0.15) is 0 Å². The Labute approximate surface area is 568 Å². The lowest BCUT2D eigenvalue weighted by atomic mass is 9.97. The van der Waals surface area contributed by atoms with Crippen molar-refractivity contribution in [1.82, 2.24) is 60.0 Å². The molecule has 27 heteroatoms. The summed E-state index contributed by atoms with van der Waals surface area (Å²) in [5.74, 6) is -8.01. The molecule has 0 bridgehead atoms. The Balaban J connectivity index is 2.12. The summed E-state index contributed by atoms with van der Waals surface area (Å²) in [6.45, 7) is 16.4. The van der Waals surface area contributed by atoms with E-state index in [1.807, 2.05) is 60.5 Å². The smallest absolute Gasteiger partial charge is 0.332 e. The molecular formula is C69H111N13O14. The Kier molecular flexibility index (Phi) is 34.3. The first-order valence-electron chi connectivity index (χ1n) is 33.4. The Morgan fingerprint density at radius 2 is 1.00 bits per heavy atom. The van der Waals surface area contributed by atoms with Crippen molar-refractivity contribution < 1.29 is 67.4 Å². The molecule has 6 N–H and O–H groups in total. The molecule has 96 heavy (non-hydrogen) atoms. The van der Waals surface area contributed by atoms with Crippen LogP contribution in [0.3, 0.4) is 0 Å². The highest BCUT2D eigenvalue weighted by Crippen LogP contribution is 2.23. The van der Waals surface area contributed by atoms with Crippen LogP contribution in [0.15, 0.2) is 60.7 Å². The van der Waals surface area contributed by atoms with Gasteiger partial charge in [0.2, 0.25) is 59.6 Å². The summed E-state index contributed by atoms with van der Waals surface area (Å²) < 4.78 is 6.11. The molecule has 0 aromatic heterocycles. The summed E-state index contributed by atoms with van der Waals surface area (Å²) in [6.07, 6.45) is 1.58. The third-order valence-electron chi connectivity index (χ3n) is 17.2. The molecule has 0 aliphatic carbocycles. The van der Waals surface area contributed by atoms with Crippen LogP contribution in [0, 0.1) is 17.8 Å². The number of likely N-dealkylation sites (tertiary alicyclic amines) is 1. The monoisotopic (exact) mass is 1350 g/mol. The van der Waals surface area contributed by atoms with Crippen LogP contribution in [0.25, 0.3) is 0 Å². The van der Waals surface area contributed by atoms with Crippen LogP contribution in [0.2, 0.25) is 0 Å². The summed E-state index contributed by atoms with van der Waals surface area (Å²) in [7, 11) is 11.8. The minimum Gasteiger partial charge on any atom is -0.391 e. The second-order valence-corrected chi connectivity index (χ2v) is 26.8. The van der Waals surface area contributed by atoms with E-state index < -0.39 is 132 Å². The van der Waals surface area contributed by atoms with Crippen LogP contribution in [-0.4, -0.2) is 277 Å². The molecule has 1 fully saturated rings. The average Bonchev–Trinajstić information content (AvgIpc) is 0.832. The Morgan fingerprint density at radius 1 is 0.542 bits per heavy atom. The summed E-state index contributed by atoms with van der Waals surface area (Å²) in [5, 5.41) is 19.2. The first kappa shape index (κ1) is 82.4. The van der Waals surface area contributed by atoms with Gasteiger partial charge in [0.1, 0.15) is 48.3 Å². The van der Waals surface area contributed by atoms with E-state index in [2.05, 4.69) is 16.0 Å². The molecule has 10 atom stereocenters. The number of ether oxygens (including phenoxy) is 1. The number of hydrogen-bond acceptors (Lipinski definition) is 16. The van der Waals surface area contributed by atoms with Gasteiger partial charge in [-0.3, -0.25) is 62.5 Å². The summed E-state index contributed by atoms with van der Waals surface area (Å²) in [6, 6.07) is 4.29. The van der Waals surface area contributed by atoms with E-state index in [4.69, 9.17) is 10.5 Å². The first-order valence-corrected chi connectivity index (χ1v) is 33.4. The second kappa shape index (κ2) is 40.0. The number of carbonyl (C=O) groups is 12. The number of urea groups is 1. The Morgan fingerprint density at radius 3 is 1.50 bits per heavy atom. The van der Waals surface area contributed by atoms with Crippen molar-refractivity contribution in [2.24, 2.45) is 23.5 Å². The van der Waals surface area contributed by atoms with Gasteiger partial charge in [0, 0.05) is 81.3 Å². The summed E-state index contributed by atoms with van der Waals surface area (Å²) in [5.41, 5.74) is 7.45. The van der Waals surface area contributed by atoms with Gasteiger partial charge in [0.15, 0.2) is 6.04 Å². The molecular weight excluding hydrogens is 1230 g/mol. The van der Waals surface area contributed by atoms with E-state index in [0.717, 1.165) is 41.0 Å². The lowest BCUT2D eigenvalue weighted by molar-refractivity contribution is -0.152. The SMILES string of the molecule is CCCN(C(=O)C(NC(=O)[C@H](CC(C)C)N(C)C(=O)[C@H](Cc1ccccc1)N(C)C(=O)C(COCCN(C)C)NC(=O)[C@H](Cc1ccccc1)N(C)C(=O)[C@H](CC(C)C)N(C)C(=O)[C@H](CC(C)C)NC(=O)[C@H](C)N(C)C(=O)[C@H](N)C(=O)N1CCCCC1)[C@@H](C)O)C(=O)N(C)C=O. The van der Waals surface area contributed by atoms with Crippen molar-refractivity contribution in [2.75, 3.05) is 95.8 Å². The number of amides is 13. The van der Waals surface area contributed by atoms with Crippen LogP contribution in [0.1, 0.15) is 118 Å². The third kappa shape index (κ3) is 24.3. The Hall–Kier alpha value is -7.88. The topological polar surface area (TPSA) is 326 Å². The van der Waals surface area contributed by atoms with E-state index in [1.54, 1.807) is 72.5 Å². The fraction of sp³-hybridized carbons (Fsp3) is 0.652. The molecule has 0 saturated carbocycles. The number of aliphatic hydroxyl groups excluding tert-OH is 1. The lowest BCUT2D eigenvalue weighted by Gasteiger charge is -2.38. The molecule has 1 aliphatic rings. The molecule has 2 aromatic rings. The number of imide groups is 2. The van der Waals surface area contributed by atoms with Gasteiger partial charge < -0.3 is 65.8 Å². The number of carbonyl (C=O) groups excluding carboxylic acids is 12. The van der Waals surface area contributed by atoms with Crippen LogP contribution < -0.4 is 21.7 Å². The molecule has 0 radical (unpaired) electrons. The van der Waals surface area contributed by atoms with Gasteiger partial charge in [0.05, 0.1) is 19.3 Å². The van der Waals surface area contributed by atoms with Crippen molar-refractivity contribution >= 4 is 71.5 Å². The van der Waals surface area contributed by atoms with Crippen molar-refractivity contribution in [2.45, 2.75) is 181 Å². The summed E-state index contributed by atoms with van der Waals surface area (Å²) in [4.78, 5) is 182. The molecule has 1 aliphatic heterocycles. The second-order valence-electron chi connectivity index (χ2n) is 26.8. The van der Waals surface area contributed by atoms with E-state index in [-0.39, 0.29) is 75.8 Å². The van der Waals surface area contributed by atoms with Crippen LogP contribution in [0.5, 0.6) is 0 Å². The van der Waals surface area contributed by atoms with Crippen LogP contribution in [0.4, 0.5) is 4.79 Å². The van der Waals surface area contributed by atoms with Crippen molar-refractivity contribution in [3.63, 3.8) is 0 Å². The number of hydrogen-bond donors (Lipinski definition) is 5. The van der Waals surface area contributed by atoms with Crippen molar-refractivity contribution in [3.05, 3.63) is 71.8 Å². The van der Waals surface area contributed by atoms with Gasteiger partial charge in [-0.05, 0) is 102 Å². The number of rotatable bonds is 37. The molecule has 0 spiro atoms. The number of nitrogens with one attached hydrogen (secondary N) is 3. The number of nitrogens with two attached hydrogens (primary N) is 1. The fourth-order valence-corrected chi connectivity index (χ4v) is 11.2. The third-order valence-corrected chi connectivity index (χ3v) is 17.2. The normalized spacial score (nSPS) is 15.5. The average molecular weight is 1350 g/mol. The van der Waals surface area contributed by atoms with Crippen molar-refractivity contribution in [3.8, 4) is 0 Å². The van der Waals surface area contributed by atoms with Gasteiger partial charge in [-0.1, -0.05) is 109 Å². The van der Waals surface area contributed by atoms with E-state index >= 15 is 19.2 Å². The number of likely N-dealkylation sites (N-methyl/N-ethyl adjacent to an activating group) is 6. The highest BCUT2D eigenvalue weighted by Gasteiger charge is 2.44. The maximum Gasteiger partial charge on any atom is 0.332 e. The molecule has 27 nitrogen and oxygen atoms in total. The number of benzene rings is 2. The maximum atomic E-state index is 15.5. The quantitative estimate of drug-likeness (QED) is 0.0367. The zero-order chi connectivity index (χ0) is 72.4. The van der Waals surface area contributed by atoms with Crippen molar-refractivity contribution in [1.29, 1.82) is 0 Å². The highest BCUT2D eigenvalue weighted by molar-refractivity contribution is 6.06. The number of piperidine rings is 1. The van der Waals surface area contributed by atoms with Crippen LogP contribution in [-0.2, 0) is 70.3 Å². The zero-order valence-electron chi connectivity index (χ0n) is 59.8. The fourth-order valence-electron chi connectivity index (χ4n) is 11.2.